The Morgan fingerprint density at radius 3 is 2.67 bits per heavy atom. The Morgan fingerprint density at radius 1 is 1.28 bits per heavy atom. The number of hydrogen-bond acceptors (Lipinski definition) is 3. The number of sulfone groups is 1. The molecular weight excluding hydrogens is 248 g/mol. The van der Waals surface area contributed by atoms with Crippen molar-refractivity contribution in [1.29, 1.82) is 0 Å². The van der Waals surface area contributed by atoms with Gasteiger partial charge >= 0.3 is 0 Å². The quantitative estimate of drug-likeness (QED) is 0.550. The van der Waals surface area contributed by atoms with Gasteiger partial charge in [0.15, 0.2) is 9.84 Å². The average molecular weight is 274 g/mol. The molecule has 3 nitrogen and oxygen atoms in total. The van der Waals surface area contributed by atoms with Crippen molar-refractivity contribution < 1.29 is 13.2 Å². The first-order valence-corrected chi connectivity index (χ1v) is 8.68. The van der Waals surface area contributed by atoms with Gasteiger partial charge < -0.3 is 4.74 Å². The van der Waals surface area contributed by atoms with E-state index in [2.05, 4.69) is 6.58 Å². The normalized spacial score (nSPS) is 28.1. The molecule has 18 heavy (non-hydrogen) atoms. The summed E-state index contributed by atoms with van der Waals surface area (Å²) in [4.78, 5) is 0. The van der Waals surface area contributed by atoms with Gasteiger partial charge in [-0.3, -0.25) is 0 Å². The van der Waals surface area contributed by atoms with Crippen molar-refractivity contribution in [2.45, 2.75) is 63.0 Å². The Hall–Kier alpha value is -0.510. The van der Waals surface area contributed by atoms with Crippen LogP contribution in [0.15, 0.2) is 12.8 Å². The maximum absolute atomic E-state index is 12.5. The fourth-order valence-electron chi connectivity index (χ4n) is 2.88. The number of hydrogen-bond donors (Lipinski definition) is 0. The summed E-state index contributed by atoms with van der Waals surface area (Å²) in [6.45, 7) is 6.08. The summed E-state index contributed by atoms with van der Waals surface area (Å²) >= 11 is 0. The molecule has 0 spiro atoms. The highest BCUT2D eigenvalue weighted by atomic mass is 32.2. The van der Waals surface area contributed by atoms with E-state index >= 15 is 0 Å². The summed E-state index contributed by atoms with van der Waals surface area (Å²) in [5.74, 6) is 0.364. The lowest BCUT2D eigenvalue weighted by atomic mass is 9.92. The van der Waals surface area contributed by atoms with Gasteiger partial charge in [0.05, 0.1) is 23.4 Å². The van der Waals surface area contributed by atoms with Gasteiger partial charge in [-0.2, -0.15) is 0 Å². The maximum Gasteiger partial charge on any atom is 0.155 e. The average Bonchev–Trinajstić information content (AvgIpc) is 2.34. The van der Waals surface area contributed by atoms with Crippen LogP contribution in [-0.2, 0) is 14.6 Å². The predicted octanol–water partition coefficient (Wildman–Crippen LogP) is 3.45. The van der Waals surface area contributed by atoms with E-state index in [-0.39, 0.29) is 0 Å². The van der Waals surface area contributed by atoms with Crippen molar-refractivity contribution in [2.24, 2.45) is 0 Å². The number of ether oxygens (including phenoxy) is 1. The van der Waals surface area contributed by atoms with E-state index < -0.39 is 14.6 Å². The molecule has 0 N–H and O–H groups in total. The van der Waals surface area contributed by atoms with Crippen LogP contribution in [0, 0.1) is 0 Å². The molecule has 1 aliphatic rings. The second-order valence-corrected chi connectivity index (χ2v) is 7.66. The molecule has 0 amide bonds. The van der Waals surface area contributed by atoms with Crippen LogP contribution in [0.25, 0.3) is 0 Å². The third-order valence-corrected chi connectivity index (χ3v) is 6.95. The zero-order valence-corrected chi connectivity index (χ0v) is 12.3. The molecule has 4 heteroatoms. The predicted molar refractivity (Wildman–Crippen MR) is 75.3 cm³/mol. The summed E-state index contributed by atoms with van der Waals surface area (Å²) in [6.07, 6.45) is 8.56. The standard InChI is InChI=1S/C14H26O3S/c1-3-14(11-9-12-17-4-2)10-7-5-6-8-13-18(14,15)16/h4H,2-3,5-13H2,1H3. The van der Waals surface area contributed by atoms with E-state index in [1.807, 2.05) is 6.92 Å². The minimum Gasteiger partial charge on any atom is -0.502 e. The van der Waals surface area contributed by atoms with Crippen LogP contribution >= 0.6 is 0 Å². The fourth-order valence-corrected chi connectivity index (χ4v) is 5.25. The Labute approximate surface area is 112 Å². The molecular formula is C14H26O3S. The summed E-state index contributed by atoms with van der Waals surface area (Å²) in [5.41, 5.74) is 0. The van der Waals surface area contributed by atoms with Gasteiger partial charge in [0, 0.05) is 0 Å². The molecule has 1 atom stereocenters. The fraction of sp³-hybridized carbons (Fsp3) is 0.857. The summed E-state index contributed by atoms with van der Waals surface area (Å²) < 4.78 is 29.6. The second-order valence-electron chi connectivity index (χ2n) is 5.16. The third-order valence-electron chi connectivity index (χ3n) is 4.11. The lowest BCUT2D eigenvalue weighted by Gasteiger charge is -2.34. The van der Waals surface area contributed by atoms with Crippen molar-refractivity contribution in [3.05, 3.63) is 12.8 Å². The van der Waals surface area contributed by atoms with Gasteiger partial charge in [-0.05, 0) is 32.1 Å². The molecule has 0 radical (unpaired) electrons. The molecule has 0 aromatic carbocycles. The molecule has 1 aliphatic heterocycles. The van der Waals surface area contributed by atoms with Gasteiger partial charge in [0.25, 0.3) is 0 Å². The second kappa shape index (κ2) is 7.17. The van der Waals surface area contributed by atoms with E-state index in [4.69, 9.17) is 4.74 Å². The van der Waals surface area contributed by atoms with Gasteiger partial charge in [0.2, 0.25) is 0 Å². The molecule has 0 saturated carbocycles. The van der Waals surface area contributed by atoms with E-state index in [1.54, 1.807) is 0 Å². The maximum atomic E-state index is 12.5. The number of rotatable bonds is 6. The van der Waals surface area contributed by atoms with Crippen LogP contribution in [0.2, 0.25) is 0 Å². The molecule has 0 bridgehead atoms. The summed E-state index contributed by atoms with van der Waals surface area (Å²) in [5, 5.41) is 0. The Balaban J connectivity index is 2.74. The highest BCUT2D eigenvalue weighted by Gasteiger charge is 2.41. The van der Waals surface area contributed by atoms with Gasteiger partial charge in [0.1, 0.15) is 0 Å². The van der Waals surface area contributed by atoms with E-state index in [0.29, 0.717) is 12.4 Å². The molecule has 1 unspecified atom stereocenters. The largest absolute Gasteiger partial charge is 0.502 e. The van der Waals surface area contributed by atoms with Crippen molar-refractivity contribution in [2.75, 3.05) is 12.4 Å². The van der Waals surface area contributed by atoms with E-state index in [1.165, 1.54) is 12.7 Å². The first kappa shape index (κ1) is 15.5. The lowest BCUT2D eigenvalue weighted by molar-refractivity contribution is 0.233. The third kappa shape index (κ3) is 3.74. The Bertz CT molecular complexity index is 348. The first-order valence-electron chi connectivity index (χ1n) is 7.03. The zero-order chi connectivity index (χ0) is 13.5. The Kier molecular flexibility index (Phi) is 6.19. The minimum absolute atomic E-state index is 0.364. The van der Waals surface area contributed by atoms with Crippen LogP contribution in [0.1, 0.15) is 58.3 Å². The lowest BCUT2D eigenvalue weighted by Crippen LogP contribution is -2.41. The van der Waals surface area contributed by atoms with Crippen LogP contribution in [-0.4, -0.2) is 25.5 Å². The zero-order valence-electron chi connectivity index (χ0n) is 11.5. The van der Waals surface area contributed by atoms with Gasteiger partial charge in [-0.1, -0.05) is 32.8 Å². The highest BCUT2D eigenvalue weighted by molar-refractivity contribution is 7.92. The van der Waals surface area contributed by atoms with E-state index in [9.17, 15) is 8.42 Å². The monoisotopic (exact) mass is 274 g/mol. The molecule has 1 heterocycles. The van der Waals surface area contributed by atoms with Gasteiger partial charge in [-0.25, -0.2) is 8.42 Å². The van der Waals surface area contributed by atoms with Crippen LogP contribution in [0.5, 0.6) is 0 Å². The van der Waals surface area contributed by atoms with Crippen LogP contribution < -0.4 is 0 Å². The van der Waals surface area contributed by atoms with Gasteiger partial charge in [-0.15, -0.1) is 0 Å². The Morgan fingerprint density at radius 2 is 2.00 bits per heavy atom. The molecule has 106 valence electrons. The highest BCUT2D eigenvalue weighted by Crippen LogP contribution is 2.36. The summed E-state index contributed by atoms with van der Waals surface area (Å²) in [6, 6.07) is 0. The molecule has 1 saturated heterocycles. The van der Waals surface area contributed by atoms with Crippen molar-refractivity contribution in [3.8, 4) is 0 Å². The van der Waals surface area contributed by atoms with Crippen LogP contribution in [0.4, 0.5) is 0 Å². The molecule has 0 aromatic heterocycles. The van der Waals surface area contributed by atoms with Crippen molar-refractivity contribution >= 4 is 9.84 Å². The molecule has 1 rings (SSSR count). The van der Waals surface area contributed by atoms with Crippen LogP contribution in [0.3, 0.4) is 0 Å². The molecule has 0 aromatic rings. The minimum atomic E-state index is -2.96. The van der Waals surface area contributed by atoms with Crippen molar-refractivity contribution in [1.82, 2.24) is 0 Å². The topological polar surface area (TPSA) is 43.4 Å². The SMILES string of the molecule is C=COCCCC1(CC)CCCCCCS1(=O)=O. The molecule has 0 aliphatic carbocycles. The smallest absolute Gasteiger partial charge is 0.155 e. The first-order chi connectivity index (χ1) is 8.58. The van der Waals surface area contributed by atoms with E-state index in [0.717, 1.165) is 44.9 Å². The van der Waals surface area contributed by atoms with Crippen molar-refractivity contribution in [3.63, 3.8) is 0 Å². The molecule has 1 fully saturated rings. The summed E-state index contributed by atoms with van der Waals surface area (Å²) in [7, 11) is -2.96.